The van der Waals surface area contributed by atoms with E-state index in [4.69, 9.17) is 5.11 Å². The van der Waals surface area contributed by atoms with Crippen LogP contribution in [0, 0.1) is 0 Å². The van der Waals surface area contributed by atoms with Gasteiger partial charge in [0.1, 0.15) is 5.69 Å². The number of H-pyrrole nitrogens is 1. The summed E-state index contributed by atoms with van der Waals surface area (Å²) in [4.78, 5) is 13.1. The number of nitrogens with one attached hydrogen (secondary N) is 1. The predicted octanol–water partition coefficient (Wildman–Crippen LogP) is 1.03. The molecule has 0 saturated heterocycles. The molecule has 1 aromatic heterocycles. The van der Waals surface area contributed by atoms with E-state index in [9.17, 15) is 13.6 Å². The molecule has 0 amide bonds. The highest BCUT2D eigenvalue weighted by Gasteiger charge is 2.18. The van der Waals surface area contributed by atoms with Crippen LogP contribution in [0.4, 0.5) is 8.78 Å². The fourth-order valence-electron chi connectivity index (χ4n) is 0.881. The Kier molecular flexibility index (Phi) is 2.50. The SMILES string of the molecule is COc1c(C(F)F)[nH]cc(O)c1=O. The molecule has 1 rings (SSSR count). The van der Waals surface area contributed by atoms with E-state index in [1.165, 1.54) is 0 Å². The zero-order valence-corrected chi connectivity index (χ0v) is 6.67. The molecule has 0 bridgehead atoms. The summed E-state index contributed by atoms with van der Waals surface area (Å²) >= 11 is 0. The quantitative estimate of drug-likeness (QED) is 0.733. The van der Waals surface area contributed by atoms with E-state index in [1.807, 2.05) is 0 Å². The number of aromatic hydroxyl groups is 1. The second-order valence-corrected chi connectivity index (χ2v) is 2.25. The van der Waals surface area contributed by atoms with Crippen LogP contribution in [0.5, 0.6) is 11.5 Å². The molecule has 72 valence electrons. The maximum atomic E-state index is 12.2. The number of ether oxygens (including phenoxy) is 1. The van der Waals surface area contributed by atoms with Crippen LogP contribution in [0.1, 0.15) is 12.1 Å². The molecule has 2 N–H and O–H groups in total. The molecule has 0 fully saturated rings. The lowest BCUT2D eigenvalue weighted by Crippen LogP contribution is -2.10. The summed E-state index contributed by atoms with van der Waals surface area (Å²) in [5.74, 6) is -1.21. The Bertz CT molecular complexity index is 361. The minimum atomic E-state index is -2.84. The minimum Gasteiger partial charge on any atom is -0.503 e. The maximum absolute atomic E-state index is 12.2. The third-order valence-corrected chi connectivity index (χ3v) is 1.47. The van der Waals surface area contributed by atoms with E-state index in [0.29, 0.717) is 0 Å². The first-order valence-corrected chi connectivity index (χ1v) is 3.34. The summed E-state index contributed by atoms with van der Waals surface area (Å²) in [7, 11) is 1.08. The molecular formula is C7H7F2NO3. The third-order valence-electron chi connectivity index (χ3n) is 1.47. The molecule has 0 aliphatic rings. The third kappa shape index (κ3) is 1.61. The molecule has 6 heteroatoms. The number of methoxy groups -OCH3 is 1. The molecule has 1 heterocycles. The van der Waals surface area contributed by atoms with Crippen LogP contribution in [0.2, 0.25) is 0 Å². The van der Waals surface area contributed by atoms with E-state index in [2.05, 4.69) is 9.72 Å². The molecule has 13 heavy (non-hydrogen) atoms. The van der Waals surface area contributed by atoms with E-state index in [-0.39, 0.29) is 0 Å². The number of alkyl halides is 2. The standard InChI is InChI=1S/C7H7F2NO3/c1-13-6-4(7(8)9)10-2-3(11)5(6)12/h2,7,11H,1H3,(H,10,12). The Morgan fingerprint density at radius 3 is 2.69 bits per heavy atom. The van der Waals surface area contributed by atoms with Crippen molar-refractivity contribution in [1.29, 1.82) is 0 Å². The molecule has 0 aliphatic carbocycles. The van der Waals surface area contributed by atoms with E-state index in [1.54, 1.807) is 0 Å². The smallest absolute Gasteiger partial charge is 0.282 e. The van der Waals surface area contributed by atoms with Crippen LogP contribution in [0.15, 0.2) is 11.0 Å². The normalized spacial score (nSPS) is 10.5. The van der Waals surface area contributed by atoms with Crippen LogP contribution in [-0.2, 0) is 0 Å². The first-order valence-electron chi connectivity index (χ1n) is 3.34. The first-order chi connectivity index (χ1) is 6.07. The number of halogens is 2. The maximum Gasteiger partial charge on any atom is 0.282 e. The van der Waals surface area contributed by atoms with Crippen LogP contribution in [0.25, 0.3) is 0 Å². The van der Waals surface area contributed by atoms with Gasteiger partial charge in [0, 0.05) is 6.20 Å². The van der Waals surface area contributed by atoms with Gasteiger partial charge in [-0.3, -0.25) is 4.79 Å². The van der Waals surface area contributed by atoms with Crippen LogP contribution < -0.4 is 10.2 Å². The lowest BCUT2D eigenvalue weighted by Gasteiger charge is -2.06. The highest BCUT2D eigenvalue weighted by atomic mass is 19.3. The Hall–Kier alpha value is -1.59. The largest absolute Gasteiger partial charge is 0.503 e. The monoisotopic (exact) mass is 191 g/mol. The number of aromatic amines is 1. The zero-order chi connectivity index (χ0) is 10.0. The topological polar surface area (TPSA) is 62.3 Å². The summed E-state index contributed by atoms with van der Waals surface area (Å²) < 4.78 is 28.8. The second kappa shape index (κ2) is 3.42. The van der Waals surface area contributed by atoms with Gasteiger partial charge in [-0.05, 0) is 0 Å². The molecule has 4 nitrogen and oxygen atoms in total. The Balaban J connectivity index is 3.39. The van der Waals surface area contributed by atoms with Gasteiger partial charge in [-0.2, -0.15) is 0 Å². The zero-order valence-electron chi connectivity index (χ0n) is 6.67. The first kappa shape index (κ1) is 9.50. The Morgan fingerprint density at radius 1 is 1.62 bits per heavy atom. The van der Waals surface area contributed by atoms with Crippen molar-refractivity contribution in [1.82, 2.24) is 4.98 Å². The van der Waals surface area contributed by atoms with Crippen molar-refractivity contribution in [3.63, 3.8) is 0 Å². The van der Waals surface area contributed by atoms with Crippen LogP contribution in [-0.4, -0.2) is 17.2 Å². The lowest BCUT2D eigenvalue weighted by molar-refractivity contribution is 0.141. The van der Waals surface area contributed by atoms with E-state index in [0.717, 1.165) is 13.3 Å². The van der Waals surface area contributed by atoms with Gasteiger partial charge < -0.3 is 14.8 Å². The number of rotatable bonds is 2. The lowest BCUT2D eigenvalue weighted by atomic mass is 10.3. The van der Waals surface area contributed by atoms with Crippen molar-refractivity contribution in [3.8, 4) is 11.5 Å². The molecule has 0 aromatic carbocycles. The van der Waals surface area contributed by atoms with Crippen molar-refractivity contribution >= 4 is 0 Å². The van der Waals surface area contributed by atoms with Gasteiger partial charge in [0.25, 0.3) is 11.9 Å². The van der Waals surface area contributed by atoms with Gasteiger partial charge in [-0.25, -0.2) is 8.78 Å². The van der Waals surface area contributed by atoms with Crippen molar-refractivity contribution in [3.05, 3.63) is 22.1 Å². The fourth-order valence-corrected chi connectivity index (χ4v) is 0.881. The van der Waals surface area contributed by atoms with Gasteiger partial charge in [-0.15, -0.1) is 0 Å². The van der Waals surface area contributed by atoms with Crippen molar-refractivity contribution in [2.75, 3.05) is 7.11 Å². The summed E-state index contributed by atoms with van der Waals surface area (Å²) in [6, 6.07) is 0. The van der Waals surface area contributed by atoms with Gasteiger partial charge in [-0.1, -0.05) is 0 Å². The molecule has 0 radical (unpaired) electrons. The molecule has 1 aromatic rings. The molecule has 0 atom stereocenters. The Labute approximate surface area is 71.8 Å². The van der Waals surface area contributed by atoms with E-state index < -0.39 is 29.0 Å². The minimum absolute atomic E-state index is 0.560. The summed E-state index contributed by atoms with van der Waals surface area (Å²) in [6.45, 7) is 0. The Morgan fingerprint density at radius 2 is 2.23 bits per heavy atom. The molecule has 0 unspecified atom stereocenters. The summed E-state index contributed by atoms with van der Waals surface area (Å²) in [5, 5.41) is 8.87. The second-order valence-electron chi connectivity index (χ2n) is 2.25. The van der Waals surface area contributed by atoms with E-state index >= 15 is 0 Å². The van der Waals surface area contributed by atoms with Crippen molar-refractivity contribution < 1.29 is 18.6 Å². The van der Waals surface area contributed by atoms with Gasteiger partial charge in [0.05, 0.1) is 7.11 Å². The average molecular weight is 191 g/mol. The van der Waals surface area contributed by atoms with Crippen molar-refractivity contribution in [2.45, 2.75) is 6.43 Å². The van der Waals surface area contributed by atoms with Gasteiger partial charge in [0.15, 0.2) is 11.5 Å². The molecule has 0 spiro atoms. The van der Waals surface area contributed by atoms with Crippen LogP contribution >= 0.6 is 0 Å². The predicted molar refractivity (Wildman–Crippen MR) is 40.2 cm³/mol. The van der Waals surface area contributed by atoms with Gasteiger partial charge in [0.2, 0.25) is 0 Å². The van der Waals surface area contributed by atoms with Crippen molar-refractivity contribution in [2.24, 2.45) is 0 Å². The number of hydrogen-bond donors (Lipinski definition) is 2. The summed E-state index contributed by atoms with van der Waals surface area (Å²) in [5.41, 5.74) is -1.58. The number of aromatic nitrogens is 1. The highest BCUT2D eigenvalue weighted by Crippen LogP contribution is 2.24. The van der Waals surface area contributed by atoms with Crippen LogP contribution in [0.3, 0.4) is 0 Å². The van der Waals surface area contributed by atoms with Gasteiger partial charge >= 0.3 is 0 Å². The number of hydrogen-bond acceptors (Lipinski definition) is 3. The molecular weight excluding hydrogens is 184 g/mol. The number of pyridine rings is 1. The summed E-state index contributed by atoms with van der Waals surface area (Å²) in [6.07, 6.45) is -2.05. The highest BCUT2D eigenvalue weighted by molar-refractivity contribution is 5.34. The molecule has 0 aliphatic heterocycles. The fraction of sp³-hybridized carbons (Fsp3) is 0.286. The molecule has 0 saturated carbocycles. The average Bonchev–Trinajstić information content (AvgIpc) is 2.09.